The van der Waals surface area contributed by atoms with Crippen molar-refractivity contribution in [3.8, 4) is 0 Å². The highest BCUT2D eigenvalue weighted by Crippen LogP contribution is 2.32. The lowest BCUT2D eigenvalue weighted by Crippen LogP contribution is -2.20. The van der Waals surface area contributed by atoms with E-state index in [1.165, 1.54) is 11.1 Å². The van der Waals surface area contributed by atoms with Gasteiger partial charge in [0.2, 0.25) is 0 Å². The van der Waals surface area contributed by atoms with E-state index >= 15 is 0 Å². The largest absolute Gasteiger partial charge is 0.299 e. The average Bonchev–Trinajstić information content (AvgIpc) is 2.49. The van der Waals surface area contributed by atoms with E-state index in [0.29, 0.717) is 12.2 Å². The second kappa shape index (κ2) is 5.92. The molecule has 0 saturated carbocycles. The number of hydrogen-bond donors (Lipinski definition) is 0. The van der Waals surface area contributed by atoms with Crippen molar-refractivity contribution in [3.63, 3.8) is 0 Å². The molecule has 1 atom stereocenters. The summed E-state index contributed by atoms with van der Waals surface area (Å²) in [5.74, 6) is 0.433. The van der Waals surface area contributed by atoms with Gasteiger partial charge in [0.1, 0.15) is 5.78 Å². The number of benzene rings is 2. The van der Waals surface area contributed by atoms with Crippen LogP contribution in [0.3, 0.4) is 0 Å². The molecule has 3 rings (SSSR count). The van der Waals surface area contributed by atoms with Gasteiger partial charge in [-0.2, -0.15) is 0 Å². The highest BCUT2D eigenvalue weighted by atomic mass is 79.9. The molecule has 0 N–H and O–H groups in total. The summed E-state index contributed by atoms with van der Waals surface area (Å²) in [5, 5.41) is 0. The van der Waals surface area contributed by atoms with Gasteiger partial charge in [-0.15, -0.1) is 0 Å². The highest BCUT2D eigenvalue weighted by Gasteiger charge is 2.25. The fourth-order valence-electron chi connectivity index (χ4n) is 3.02. The van der Waals surface area contributed by atoms with E-state index < -0.39 is 0 Å². The van der Waals surface area contributed by atoms with E-state index in [1.807, 2.05) is 30.3 Å². The van der Waals surface area contributed by atoms with Crippen molar-refractivity contribution in [2.45, 2.75) is 31.6 Å². The fourth-order valence-corrected chi connectivity index (χ4v) is 3.28. The molecule has 0 bridgehead atoms. The highest BCUT2D eigenvalue weighted by molar-refractivity contribution is 9.10. The SMILES string of the molecule is O=C(Cc1ccc(Br)cc1)C1CCCc2ccccc21. The predicted molar refractivity (Wildman–Crippen MR) is 85.0 cm³/mol. The molecule has 0 saturated heterocycles. The van der Waals surface area contributed by atoms with Crippen molar-refractivity contribution >= 4 is 21.7 Å². The van der Waals surface area contributed by atoms with Gasteiger partial charge >= 0.3 is 0 Å². The quantitative estimate of drug-likeness (QED) is 0.799. The summed E-state index contributed by atoms with van der Waals surface area (Å²) < 4.78 is 1.05. The Morgan fingerprint density at radius 3 is 2.65 bits per heavy atom. The van der Waals surface area contributed by atoms with Crippen molar-refractivity contribution in [3.05, 3.63) is 69.7 Å². The topological polar surface area (TPSA) is 17.1 Å². The molecule has 0 radical (unpaired) electrons. The molecule has 0 aromatic heterocycles. The molecule has 102 valence electrons. The number of rotatable bonds is 3. The summed E-state index contributed by atoms with van der Waals surface area (Å²) in [4.78, 5) is 12.6. The number of halogens is 1. The van der Waals surface area contributed by atoms with E-state index in [4.69, 9.17) is 0 Å². The molecule has 0 amide bonds. The minimum atomic E-state index is 0.0867. The van der Waals surface area contributed by atoms with Crippen LogP contribution in [0.2, 0.25) is 0 Å². The molecule has 20 heavy (non-hydrogen) atoms. The van der Waals surface area contributed by atoms with Gasteiger partial charge in [0.05, 0.1) is 0 Å². The zero-order valence-electron chi connectivity index (χ0n) is 11.3. The lowest BCUT2D eigenvalue weighted by atomic mass is 9.79. The number of carbonyl (C=O) groups excluding carboxylic acids is 1. The van der Waals surface area contributed by atoms with Crippen LogP contribution in [-0.2, 0) is 17.6 Å². The Balaban J connectivity index is 1.80. The Hall–Kier alpha value is -1.41. The van der Waals surface area contributed by atoms with Crippen LogP contribution < -0.4 is 0 Å². The third-order valence-corrected chi connectivity index (χ3v) is 4.58. The van der Waals surface area contributed by atoms with Gasteiger partial charge in [-0.25, -0.2) is 0 Å². The van der Waals surface area contributed by atoms with Crippen molar-refractivity contribution in [1.29, 1.82) is 0 Å². The lowest BCUT2D eigenvalue weighted by molar-refractivity contribution is -0.120. The molecule has 1 unspecified atom stereocenters. The number of Topliss-reactive ketones (excluding diaryl/α,β-unsaturated/α-hetero) is 1. The molecule has 2 aromatic carbocycles. The Morgan fingerprint density at radius 2 is 1.85 bits per heavy atom. The Morgan fingerprint density at radius 1 is 1.10 bits per heavy atom. The zero-order chi connectivity index (χ0) is 13.9. The first-order chi connectivity index (χ1) is 9.74. The third-order valence-electron chi connectivity index (χ3n) is 4.05. The molecule has 1 aliphatic rings. The predicted octanol–water partition coefficient (Wildman–Crippen LogP) is 4.68. The van der Waals surface area contributed by atoms with E-state index in [9.17, 15) is 4.79 Å². The summed E-state index contributed by atoms with van der Waals surface area (Å²) in [6.07, 6.45) is 3.75. The Bertz CT molecular complexity index is 616. The van der Waals surface area contributed by atoms with Crippen LogP contribution in [0.4, 0.5) is 0 Å². The molecular weight excluding hydrogens is 312 g/mol. The van der Waals surface area contributed by atoms with Crippen LogP contribution >= 0.6 is 15.9 Å². The molecule has 0 heterocycles. The summed E-state index contributed by atoms with van der Waals surface area (Å²) in [6, 6.07) is 16.4. The van der Waals surface area contributed by atoms with Crippen molar-refractivity contribution in [2.75, 3.05) is 0 Å². The van der Waals surface area contributed by atoms with Crippen molar-refractivity contribution in [2.24, 2.45) is 0 Å². The zero-order valence-corrected chi connectivity index (χ0v) is 12.9. The molecule has 2 heteroatoms. The number of aryl methyl sites for hydroxylation is 1. The van der Waals surface area contributed by atoms with Crippen LogP contribution in [-0.4, -0.2) is 5.78 Å². The number of ketones is 1. The number of carbonyl (C=O) groups is 1. The normalized spacial score (nSPS) is 17.6. The maximum Gasteiger partial charge on any atom is 0.144 e. The third kappa shape index (κ3) is 2.85. The Labute approximate surface area is 128 Å². The summed E-state index contributed by atoms with van der Waals surface area (Å²) >= 11 is 3.42. The Kier molecular flexibility index (Phi) is 4.02. The molecule has 0 aliphatic heterocycles. The summed E-state index contributed by atoms with van der Waals surface area (Å²) in [7, 11) is 0. The van der Waals surface area contributed by atoms with Crippen LogP contribution in [0, 0.1) is 0 Å². The van der Waals surface area contributed by atoms with Gasteiger partial charge in [0.25, 0.3) is 0 Å². The maximum atomic E-state index is 12.6. The average molecular weight is 329 g/mol. The lowest BCUT2D eigenvalue weighted by Gasteiger charge is -2.24. The first-order valence-corrected chi connectivity index (χ1v) is 7.88. The van der Waals surface area contributed by atoms with Gasteiger partial charge in [0, 0.05) is 16.8 Å². The van der Waals surface area contributed by atoms with Gasteiger partial charge in [-0.1, -0.05) is 52.3 Å². The van der Waals surface area contributed by atoms with Crippen LogP contribution in [0.15, 0.2) is 53.0 Å². The van der Waals surface area contributed by atoms with Gasteiger partial charge in [0.15, 0.2) is 0 Å². The van der Waals surface area contributed by atoms with E-state index in [-0.39, 0.29) is 5.92 Å². The van der Waals surface area contributed by atoms with Crippen molar-refractivity contribution < 1.29 is 4.79 Å². The molecule has 0 fully saturated rings. The van der Waals surface area contributed by atoms with E-state index in [1.54, 1.807) is 0 Å². The van der Waals surface area contributed by atoms with Gasteiger partial charge in [-0.3, -0.25) is 4.79 Å². The minimum absolute atomic E-state index is 0.0867. The monoisotopic (exact) mass is 328 g/mol. The minimum Gasteiger partial charge on any atom is -0.299 e. The molecule has 1 nitrogen and oxygen atoms in total. The van der Waals surface area contributed by atoms with E-state index in [2.05, 4.69) is 34.1 Å². The fraction of sp³-hybridized carbons (Fsp3) is 0.278. The van der Waals surface area contributed by atoms with E-state index in [0.717, 1.165) is 29.3 Å². The first-order valence-electron chi connectivity index (χ1n) is 7.09. The molecular formula is C18H17BrO. The van der Waals surface area contributed by atoms with Crippen LogP contribution in [0.25, 0.3) is 0 Å². The number of hydrogen-bond acceptors (Lipinski definition) is 1. The summed E-state index contributed by atoms with van der Waals surface area (Å²) in [5.41, 5.74) is 3.70. The number of fused-ring (bicyclic) bond motifs is 1. The van der Waals surface area contributed by atoms with Gasteiger partial charge < -0.3 is 0 Å². The second-order valence-corrected chi connectivity index (χ2v) is 6.33. The smallest absolute Gasteiger partial charge is 0.144 e. The second-order valence-electron chi connectivity index (χ2n) is 5.41. The first kappa shape index (κ1) is 13.6. The van der Waals surface area contributed by atoms with Crippen LogP contribution in [0.1, 0.15) is 35.4 Å². The molecule has 0 spiro atoms. The molecule has 1 aliphatic carbocycles. The maximum absolute atomic E-state index is 12.6. The van der Waals surface area contributed by atoms with Crippen LogP contribution in [0.5, 0.6) is 0 Å². The summed E-state index contributed by atoms with van der Waals surface area (Å²) in [6.45, 7) is 0. The van der Waals surface area contributed by atoms with Crippen molar-refractivity contribution in [1.82, 2.24) is 0 Å². The molecule has 2 aromatic rings. The standard InChI is InChI=1S/C18H17BrO/c19-15-10-8-13(9-11-15)12-18(20)17-7-3-5-14-4-1-2-6-16(14)17/h1-2,4,6,8-11,17H,3,5,7,12H2. The van der Waals surface area contributed by atoms with Gasteiger partial charge in [-0.05, 0) is 48.1 Å².